The van der Waals surface area contributed by atoms with Gasteiger partial charge in [0.05, 0.1) is 15.9 Å². The van der Waals surface area contributed by atoms with Crippen molar-refractivity contribution in [3.8, 4) is 0 Å². The van der Waals surface area contributed by atoms with Crippen molar-refractivity contribution in [2.45, 2.75) is 59.0 Å². The van der Waals surface area contributed by atoms with Crippen LogP contribution in [0.3, 0.4) is 0 Å². The zero-order valence-corrected chi connectivity index (χ0v) is 12.5. The van der Waals surface area contributed by atoms with Gasteiger partial charge in [0.2, 0.25) is 0 Å². The first-order valence-electron chi connectivity index (χ1n) is 6.51. The second-order valence-electron chi connectivity index (χ2n) is 5.34. The number of nitrogens with two attached hydrogens (primary N) is 1. The van der Waals surface area contributed by atoms with Crippen LogP contribution in [0.5, 0.6) is 0 Å². The number of aryl methyl sites for hydroxylation is 2. The minimum atomic E-state index is 0.255. The van der Waals surface area contributed by atoms with Crippen LogP contribution < -0.4 is 5.73 Å². The maximum absolute atomic E-state index is 6.33. The fourth-order valence-electron chi connectivity index (χ4n) is 2.23. The minimum Gasteiger partial charge on any atom is -0.327 e. The average molecular weight is 300 g/mol. The molecule has 2 rings (SSSR count). The van der Waals surface area contributed by atoms with Crippen LogP contribution >= 0.6 is 15.9 Å². The summed E-state index contributed by atoms with van der Waals surface area (Å²) in [7, 11) is 0. The van der Waals surface area contributed by atoms with E-state index in [-0.39, 0.29) is 6.04 Å². The Labute approximate surface area is 112 Å². The molecule has 1 unspecified atom stereocenters. The van der Waals surface area contributed by atoms with Crippen LogP contribution in [0.1, 0.15) is 45.0 Å². The predicted molar refractivity (Wildman–Crippen MR) is 74.0 cm³/mol. The van der Waals surface area contributed by atoms with E-state index in [0.717, 1.165) is 25.1 Å². The molecule has 1 atom stereocenters. The Morgan fingerprint density at radius 2 is 2.12 bits per heavy atom. The molecule has 1 fully saturated rings. The molecule has 1 aliphatic carbocycles. The van der Waals surface area contributed by atoms with E-state index < -0.39 is 0 Å². The molecule has 0 amide bonds. The maximum Gasteiger partial charge on any atom is 0.0766 e. The lowest BCUT2D eigenvalue weighted by Gasteiger charge is -2.19. The van der Waals surface area contributed by atoms with Gasteiger partial charge in [0.25, 0.3) is 0 Å². The second-order valence-corrected chi connectivity index (χ2v) is 6.13. The fraction of sp³-hybridized carbons (Fsp3) is 0.769. The Bertz CT molecular complexity index is 407. The number of hydrogen-bond donors (Lipinski definition) is 1. The van der Waals surface area contributed by atoms with Crippen LogP contribution in [0.25, 0.3) is 0 Å². The van der Waals surface area contributed by atoms with Crippen LogP contribution in [0.2, 0.25) is 0 Å². The second kappa shape index (κ2) is 4.73. The molecule has 1 aromatic rings. The Balaban J connectivity index is 2.21. The van der Waals surface area contributed by atoms with Gasteiger partial charge in [-0.05, 0) is 47.5 Å². The van der Waals surface area contributed by atoms with E-state index >= 15 is 0 Å². The molecule has 0 saturated heterocycles. The summed E-state index contributed by atoms with van der Waals surface area (Å²) in [5, 5.41) is 4.62. The number of aromatic nitrogens is 2. The average Bonchev–Trinajstić information content (AvgIpc) is 2.99. The summed E-state index contributed by atoms with van der Waals surface area (Å²) in [6.45, 7) is 7.47. The molecule has 96 valence electrons. The highest BCUT2D eigenvalue weighted by atomic mass is 79.9. The molecular formula is C13H22BrN3. The molecule has 2 N–H and O–H groups in total. The quantitative estimate of drug-likeness (QED) is 0.908. The normalized spacial score (nSPS) is 19.4. The molecule has 0 spiro atoms. The largest absolute Gasteiger partial charge is 0.327 e. The van der Waals surface area contributed by atoms with Crippen molar-refractivity contribution in [3.63, 3.8) is 0 Å². The molecule has 0 aromatic carbocycles. The summed E-state index contributed by atoms with van der Waals surface area (Å²) in [5.41, 5.74) is 9.11. The lowest BCUT2D eigenvalue weighted by Crippen LogP contribution is -2.32. The third-order valence-corrected chi connectivity index (χ3v) is 4.96. The van der Waals surface area contributed by atoms with Crippen LogP contribution in [0.15, 0.2) is 4.47 Å². The molecule has 0 radical (unpaired) electrons. The van der Waals surface area contributed by atoms with E-state index in [1.165, 1.54) is 23.0 Å². The van der Waals surface area contributed by atoms with Crippen molar-refractivity contribution < 1.29 is 0 Å². The molecule has 1 aromatic heterocycles. The van der Waals surface area contributed by atoms with Crippen molar-refractivity contribution in [1.82, 2.24) is 9.78 Å². The third kappa shape index (κ3) is 2.43. The lowest BCUT2D eigenvalue weighted by atomic mass is 9.95. The fourth-order valence-corrected chi connectivity index (χ4v) is 2.96. The molecular weight excluding hydrogens is 278 g/mol. The summed E-state index contributed by atoms with van der Waals surface area (Å²) >= 11 is 3.68. The summed E-state index contributed by atoms with van der Waals surface area (Å²) < 4.78 is 3.26. The summed E-state index contributed by atoms with van der Waals surface area (Å²) in [5.74, 6) is 0. The molecule has 0 bridgehead atoms. The molecule has 0 aliphatic heterocycles. The first-order valence-corrected chi connectivity index (χ1v) is 7.30. The molecule has 1 heterocycles. The van der Waals surface area contributed by atoms with Crippen LogP contribution in [-0.4, -0.2) is 15.8 Å². The van der Waals surface area contributed by atoms with Crippen molar-refractivity contribution in [1.29, 1.82) is 0 Å². The van der Waals surface area contributed by atoms with Gasteiger partial charge in [0.1, 0.15) is 0 Å². The van der Waals surface area contributed by atoms with Gasteiger partial charge in [-0.15, -0.1) is 0 Å². The number of hydrogen-bond acceptors (Lipinski definition) is 2. The lowest BCUT2D eigenvalue weighted by molar-refractivity contribution is 0.420. The van der Waals surface area contributed by atoms with Crippen LogP contribution in [0.4, 0.5) is 0 Å². The van der Waals surface area contributed by atoms with E-state index in [9.17, 15) is 0 Å². The Morgan fingerprint density at radius 1 is 1.47 bits per heavy atom. The smallest absolute Gasteiger partial charge is 0.0766 e. The Morgan fingerprint density at radius 3 is 2.59 bits per heavy atom. The maximum atomic E-state index is 6.33. The number of rotatable bonds is 5. The highest BCUT2D eigenvalue weighted by Crippen LogP contribution is 2.48. The van der Waals surface area contributed by atoms with Crippen LogP contribution in [0, 0.1) is 5.41 Å². The van der Waals surface area contributed by atoms with Crippen LogP contribution in [-0.2, 0) is 19.4 Å². The minimum absolute atomic E-state index is 0.255. The van der Waals surface area contributed by atoms with E-state index in [0.29, 0.717) is 5.41 Å². The third-order valence-electron chi connectivity index (χ3n) is 4.04. The zero-order chi connectivity index (χ0) is 12.6. The summed E-state index contributed by atoms with van der Waals surface area (Å²) in [6.07, 6.45) is 4.43. The first kappa shape index (κ1) is 13.1. The molecule has 4 heteroatoms. The molecule has 17 heavy (non-hydrogen) atoms. The van der Waals surface area contributed by atoms with Gasteiger partial charge in [-0.2, -0.15) is 5.10 Å². The van der Waals surface area contributed by atoms with Gasteiger partial charge in [-0.3, -0.25) is 4.68 Å². The summed E-state index contributed by atoms with van der Waals surface area (Å²) in [6, 6.07) is 0.255. The Hall–Kier alpha value is -0.350. The monoisotopic (exact) mass is 299 g/mol. The van der Waals surface area contributed by atoms with Gasteiger partial charge in [0, 0.05) is 19.0 Å². The van der Waals surface area contributed by atoms with Crippen molar-refractivity contribution >= 4 is 15.9 Å². The van der Waals surface area contributed by atoms with E-state index in [1.54, 1.807) is 0 Å². The van der Waals surface area contributed by atoms with Gasteiger partial charge in [0.15, 0.2) is 0 Å². The van der Waals surface area contributed by atoms with Gasteiger partial charge < -0.3 is 5.73 Å². The van der Waals surface area contributed by atoms with Crippen molar-refractivity contribution in [3.05, 3.63) is 15.9 Å². The van der Waals surface area contributed by atoms with Crippen molar-refractivity contribution in [2.75, 3.05) is 0 Å². The first-order chi connectivity index (χ1) is 8.01. The number of nitrogens with zero attached hydrogens (tertiary/aromatic N) is 2. The highest BCUT2D eigenvalue weighted by Gasteiger charge is 2.43. The summed E-state index contributed by atoms with van der Waals surface area (Å²) in [4.78, 5) is 0. The topological polar surface area (TPSA) is 43.8 Å². The SMILES string of the molecule is CCc1nn(CC)c(CC(N)C2(C)CC2)c1Br. The zero-order valence-electron chi connectivity index (χ0n) is 11.0. The van der Waals surface area contributed by atoms with E-state index in [1.807, 2.05) is 0 Å². The number of halogens is 1. The van der Waals surface area contributed by atoms with E-state index in [2.05, 4.69) is 46.5 Å². The molecule has 1 saturated carbocycles. The standard InChI is InChI=1S/C13H22BrN3/c1-4-9-12(14)10(17(5-2)16-9)8-11(15)13(3)6-7-13/h11H,4-8,15H2,1-3H3. The van der Waals surface area contributed by atoms with Gasteiger partial charge in [-0.1, -0.05) is 13.8 Å². The van der Waals surface area contributed by atoms with E-state index in [4.69, 9.17) is 5.73 Å². The predicted octanol–water partition coefficient (Wildman–Crippen LogP) is 2.90. The van der Waals surface area contributed by atoms with Gasteiger partial charge >= 0.3 is 0 Å². The molecule has 3 nitrogen and oxygen atoms in total. The van der Waals surface area contributed by atoms with Crippen molar-refractivity contribution in [2.24, 2.45) is 11.1 Å². The van der Waals surface area contributed by atoms with Gasteiger partial charge in [-0.25, -0.2) is 0 Å². The Kier molecular flexibility index (Phi) is 3.64. The highest BCUT2D eigenvalue weighted by molar-refractivity contribution is 9.10. The molecule has 1 aliphatic rings.